The predicted molar refractivity (Wildman–Crippen MR) is 66.5 cm³/mol. The van der Waals surface area contributed by atoms with Gasteiger partial charge in [0.25, 0.3) is 0 Å². The van der Waals surface area contributed by atoms with Gasteiger partial charge in [0.1, 0.15) is 5.76 Å². The molecule has 1 N–H and O–H groups in total. The zero-order valence-electron chi connectivity index (χ0n) is 10.6. The number of nitrogens with zero attached hydrogens (tertiary/aromatic N) is 2. The molecule has 4 nitrogen and oxygen atoms in total. The van der Waals surface area contributed by atoms with Gasteiger partial charge < -0.3 is 9.73 Å². The van der Waals surface area contributed by atoms with Crippen molar-refractivity contribution >= 4 is 0 Å². The van der Waals surface area contributed by atoms with Crippen LogP contribution in [0.5, 0.6) is 0 Å². The Hall–Kier alpha value is -1.55. The van der Waals surface area contributed by atoms with E-state index in [-0.39, 0.29) is 6.04 Å². The molecule has 0 spiro atoms. The molecule has 2 aromatic heterocycles. The van der Waals surface area contributed by atoms with E-state index in [2.05, 4.69) is 30.5 Å². The van der Waals surface area contributed by atoms with E-state index in [1.54, 1.807) is 6.26 Å². The van der Waals surface area contributed by atoms with Gasteiger partial charge >= 0.3 is 0 Å². The summed E-state index contributed by atoms with van der Waals surface area (Å²) in [6.07, 6.45) is 4.74. The second kappa shape index (κ2) is 5.19. The maximum atomic E-state index is 5.36. The zero-order valence-corrected chi connectivity index (χ0v) is 10.6. The van der Waals surface area contributed by atoms with Crippen molar-refractivity contribution in [1.82, 2.24) is 15.1 Å². The summed E-state index contributed by atoms with van der Waals surface area (Å²) in [6, 6.07) is 4.12. The summed E-state index contributed by atoms with van der Waals surface area (Å²) in [5.74, 6) is 0.965. The molecule has 0 fully saturated rings. The highest BCUT2D eigenvalue weighted by molar-refractivity contribution is 5.17. The number of hydrogen-bond donors (Lipinski definition) is 1. The zero-order chi connectivity index (χ0) is 12.3. The second-order valence-electron chi connectivity index (χ2n) is 4.25. The number of rotatable bonds is 5. The van der Waals surface area contributed by atoms with Crippen LogP contribution in [0.4, 0.5) is 0 Å². The highest BCUT2D eigenvalue weighted by Gasteiger charge is 2.10. The van der Waals surface area contributed by atoms with E-state index in [0.29, 0.717) is 0 Å². The van der Waals surface area contributed by atoms with Crippen LogP contribution in [0, 0.1) is 0 Å². The molecule has 0 aliphatic carbocycles. The van der Waals surface area contributed by atoms with Crippen LogP contribution >= 0.6 is 0 Å². The largest absolute Gasteiger partial charge is 0.468 e. The molecule has 2 rings (SSSR count). The number of aryl methyl sites for hydroxylation is 2. The molecule has 0 saturated heterocycles. The van der Waals surface area contributed by atoms with Crippen molar-refractivity contribution in [2.24, 2.45) is 7.05 Å². The van der Waals surface area contributed by atoms with E-state index in [4.69, 9.17) is 4.42 Å². The van der Waals surface area contributed by atoms with Crippen molar-refractivity contribution in [3.05, 3.63) is 41.6 Å². The molecule has 0 aliphatic rings. The highest BCUT2D eigenvalue weighted by atomic mass is 16.3. The first-order valence-electron chi connectivity index (χ1n) is 5.99. The molecule has 4 heteroatoms. The van der Waals surface area contributed by atoms with Crippen LogP contribution in [-0.2, 0) is 20.0 Å². The Balaban J connectivity index is 1.97. The van der Waals surface area contributed by atoms with Gasteiger partial charge in [0.05, 0.1) is 18.0 Å². The van der Waals surface area contributed by atoms with Gasteiger partial charge in [-0.3, -0.25) is 4.68 Å². The summed E-state index contributed by atoms with van der Waals surface area (Å²) >= 11 is 0. The minimum atomic E-state index is 0.218. The van der Waals surface area contributed by atoms with Crippen LogP contribution in [0.2, 0.25) is 0 Å². The Morgan fingerprint density at radius 1 is 1.53 bits per heavy atom. The lowest BCUT2D eigenvalue weighted by Gasteiger charge is -2.10. The van der Waals surface area contributed by atoms with Crippen LogP contribution in [0.25, 0.3) is 0 Å². The average molecular weight is 233 g/mol. The molecule has 1 atom stereocenters. The molecule has 2 heterocycles. The van der Waals surface area contributed by atoms with E-state index in [9.17, 15) is 0 Å². The quantitative estimate of drug-likeness (QED) is 0.862. The molecular weight excluding hydrogens is 214 g/mol. The van der Waals surface area contributed by atoms with Gasteiger partial charge in [0.15, 0.2) is 0 Å². The molecule has 92 valence electrons. The normalized spacial score (nSPS) is 12.9. The topological polar surface area (TPSA) is 43.0 Å². The van der Waals surface area contributed by atoms with Crippen molar-refractivity contribution in [3.8, 4) is 0 Å². The van der Waals surface area contributed by atoms with Crippen molar-refractivity contribution in [2.45, 2.75) is 32.9 Å². The Bertz CT molecular complexity index is 459. The Morgan fingerprint density at radius 3 is 3.00 bits per heavy atom. The second-order valence-corrected chi connectivity index (χ2v) is 4.25. The average Bonchev–Trinajstić information content (AvgIpc) is 2.94. The Labute approximate surface area is 102 Å². The lowest BCUT2D eigenvalue weighted by atomic mass is 10.2. The van der Waals surface area contributed by atoms with Gasteiger partial charge in [-0.15, -0.1) is 0 Å². The fourth-order valence-corrected chi connectivity index (χ4v) is 1.93. The Kier molecular flexibility index (Phi) is 3.64. The molecule has 0 amide bonds. The minimum absolute atomic E-state index is 0.218. The van der Waals surface area contributed by atoms with E-state index >= 15 is 0 Å². The molecular formula is C13H19N3O. The SMILES string of the molecule is CCc1nn(C)cc1CNC(C)c1ccco1. The third kappa shape index (κ3) is 2.77. The monoisotopic (exact) mass is 233 g/mol. The molecule has 0 bridgehead atoms. The number of nitrogens with one attached hydrogen (secondary N) is 1. The van der Waals surface area contributed by atoms with Crippen molar-refractivity contribution in [2.75, 3.05) is 0 Å². The third-order valence-corrected chi connectivity index (χ3v) is 2.90. The fourth-order valence-electron chi connectivity index (χ4n) is 1.93. The van der Waals surface area contributed by atoms with Crippen LogP contribution < -0.4 is 5.32 Å². The molecule has 1 unspecified atom stereocenters. The van der Waals surface area contributed by atoms with Gasteiger partial charge in [0.2, 0.25) is 0 Å². The van der Waals surface area contributed by atoms with E-state index in [1.165, 1.54) is 5.56 Å². The smallest absolute Gasteiger partial charge is 0.120 e. The van der Waals surface area contributed by atoms with Crippen LogP contribution in [0.15, 0.2) is 29.0 Å². The van der Waals surface area contributed by atoms with Crippen LogP contribution in [-0.4, -0.2) is 9.78 Å². The first kappa shape index (κ1) is 11.9. The van der Waals surface area contributed by atoms with E-state index in [1.807, 2.05) is 23.9 Å². The van der Waals surface area contributed by atoms with Gasteiger partial charge in [-0.05, 0) is 25.5 Å². The van der Waals surface area contributed by atoms with Crippen molar-refractivity contribution in [1.29, 1.82) is 0 Å². The van der Waals surface area contributed by atoms with Gasteiger partial charge in [0, 0.05) is 25.4 Å². The van der Waals surface area contributed by atoms with Crippen molar-refractivity contribution < 1.29 is 4.42 Å². The molecule has 0 aliphatic heterocycles. The van der Waals surface area contributed by atoms with Gasteiger partial charge in [-0.1, -0.05) is 6.92 Å². The van der Waals surface area contributed by atoms with Crippen LogP contribution in [0.1, 0.15) is 36.9 Å². The standard InChI is InChI=1S/C13H19N3O/c1-4-12-11(9-16(3)15-12)8-14-10(2)13-6-5-7-17-13/h5-7,9-10,14H,4,8H2,1-3H3. The number of hydrogen-bond acceptors (Lipinski definition) is 3. The highest BCUT2D eigenvalue weighted by Crippen LogP contribution is 2.14. The summed E-state index contributed by atoms with van der Waals surface area (Å²) < 4.78 is 7.23. The van der Waals surface area contributed by atoms with Gasteiger partial charge in [-0.25, -0.2) is 0 Å². The minimum Gasteiger partial charge on any atom is -0.468 e. The molecule has 2 aromatic rings. The van der Waals surface area contributed by atoms with E-state index < -0.39 is 0 Å². The maximum Gasteiger partial charge on any atom is 0.120 e. The molecule has 0 radical (unpaired) electrons. The Morgan fingerprint density at radius 2 is 2.35 bits per heavy atom. The summed E-state index contributed by atoms with van der Waals surface area (Å²) in [5.41, 5.74) is 2.42. The summed E-state index contributed by atoms with van der Waals surface area (Å²) in [4.78, 5) is 0. The fraction of sp³-hybridized carbons (Fsp3) is 0.462. The van der Waals surface area contributed by atoms with E-state index in [0.717, 1.165) is 24.4 Å². The van der Waals surface area contributed by atoms with Crippen molar-refractivity contribution in [3.63, 3.8) is 0 Å². The van der Waals surface area contributed by atoms with Crippen LogP contribution in [0.3, 0.4) is 0 Å². The molecule has 0 saturated carbocycles. The van der Waals surface area contributed by atoms with Gasteiger partial charge in [-0.2, -0.15) is 5.10 Å². The lowest BCUT2D eigenvalue weighted by Crippen LogP contribution is -2.18. The first-order valence-corrected chi connectivity index (χ1v) is 5.99. The molecule has 0 aromatic carbocycles. The number of furan rings is 1. The maximum absolute atomic E-state index is 5.36. The third-order valence-electron chi connectivity index (χ3n) is 2.90. The lowest BCUT2D eigenvalue weighted by molar-refractivity contribution is 0.430. The summed E-state index contributed by atoms with van der Waals surface area (Å²) in [6.45, 7) is 5.04. The first-order chi connectivity index (χ1) is 8.20. The summed E-state index contributed by atoms with van der Waals surface area (Å²) in [5, 5.41) is 7.87. The molecule has 17 heavy (non-hydrogen) atoms. The number of aromatic nitrogens is 2. The summed E-state index contributed by atoms with van der Waals surface area (Å²) in [7, 11) is 1.96. The predicted octanol–water partition coefficient (Wildman–Crippen LogP) is 2.43.